The van der Waals surface area contributed by atoms with Crippen molar-refractivity contribution >= 4 is 44.5 Å². The van der Waals surface area contributed by atoms with Crippen molar-refractivity contribution in [2.24, 2.45) is 11.7 Å². The zero-order valence-corrected chi connectivity index (χ0v) is 30.6. The Kier molecular flexibility index (Phi) is 18.2. The van der Waals surface area contributed by atoms with E-state index in [4.69, 9.17) is 11.6 Å². The highest BCUT2D eigenvalue weighted by molar-refractivity contribution is 7.21. The van der Waals surface area contributed by atoms with E-state index in [1.165, 1.54) is 23.7 Å². The van der Waals surface area contributed by atoms with E-state index in [1.54, 1.807) is 11.3 Å². The molecule has 1 aliphatic rings. The van der Waals surface area contributed by atoms with Gasteiger partial charge in [0.1, 0.15) is 4.88 Å². The minimum Gasteiger partial charge on any atom is -0.333 e. The average Bonchev–Trinajstić information content (AvgIpc) is 3.42. The number of carbonyl (C=O) groups is 1. The van der Waals surface area contributed by atoms with Crippen LogP contribution in [0.4, 0.5) is 0 Å². The van der Waals surface area contributed by atoms with Gasteiger partial charge in [0.25, 0.3) is 5.91 Å². The number of fused-ring (bicyclic) bond motifs is 1. The molecule has 0 unspecified atom stereocenters. The van der Waals surface area contributed by atoms with E-state index in [1.807, 2.05) is 46.8 Å². The largest absolute Gasteiger partial charge is 0.333 e. The molecule has 0 radical (unpaired) electrons. The average molecular weight is 637 g/mol. The third-order valence-corrected chi connectivity index (χ3v) is 9.78. The second-order valence-electron chi connectivity index (χ2n) is 10.7. The monoisotopic (exact) mass is 636 g/mol. The minimum absolute atomic E-state index is 0.0670. The molecule has 3 aromatic rings. The molecule has 1 saturated carbocycles. The molecule has 2 aromatic carbocycles. The molecule has 4 rings (SSSR count). The first-order valence-corrected chi connectivity index (χ1v) is 17.6. The van der Waals surface area contributed by atoms with Crippen LogP contribution < -0.4 is 5.73 Å². The fourth-order valence-electron chi connectivity index (χ4n) is 5.67. The van der Waals surface area contributed by atoms with Crippen molar-refractivity contribution in [3.8, 4) is 0 Å². The summed E-state index contributed by atoms with van der Waals surface area (Å²) in [5, 5.41) is 1.64. The molecular formula is C39H57ClN2OS. The molecule has 2 N–H and O–H groups in total. The normalized spacial score (nSPS) is 16.2. The van der Waals surface area contributed by atoms with E-state index in [0.717, 1.165) is 58.9 Å². The first-order chi connectivity index (χ1) is 21.3. The molecule has 5 heteroatoms. The summed E-state index contributed by atoms with van der Waals surface area (Å²) in [6.07, 6.45) is 13.3. The number of halogens is 1. The molecule has 1 aromatic heterocycles. The Labute approximate surface area is 277 Å². The number of nitrogens with zero attached hydrogens (tertiary/aromatic N) is 1. The molecule has 0 bridgehead atoms. The summed E-state index contributed by atoms with van der Waals surface area (Å²) in [5.74, 6) is 0.778. The van der Waals surface area contributed by atoms with Crippen LogP contribution in [0, 0.1) is 19.8 Å². The van der Waals surface area contributed by atoms with E-state index in [0.29, 0.717) is 22.4 Å². The first kappa shape index (κ1) is 39.4. The number of hydrogen-bond donors (Lipinski definition) is 1. The van der Waals surface area contributed by atoms with Gasteiger partial charge < -0.3 is 10.6 Å². The maximum Gasteiger partial charge on any atom is 0.266 e. The summed E-state index contributed by atoms with van der Waals surface area (Å²) in [4.78, 5) is 17.2. The summed E-state index contributed by atoms with van der Waals surface area (Å²) in [6.45, 7) is 23.2. The van der Waals surface area contributed by atoms with E-state index >= 15 is 0 Å². The summed E-state index contributed by atoms with van der Waals surface area (Å²) < 4.78 is 1.12. The second kappa shape index (κ2) is 20.4. The fourth-order valence-corrected chi connectivity index (χ4v) is 7.37. The Hall–Kier alpha value is -2.66. The fraction of sp³-hybridized carbons (Fsp3) is 0.462. The highest BCUT2D eigenvalue weighted by atomic mass is 35.5. The number of thiophene rings is 1. The van der Waals surface area contributed by atoms with Crippen molar-refractivity contribution in [3.63, 3.8) is 0 Å². The van der Waals surface area contributed by atoms with Crippen LogP contribution in [0.2, 0.25) is 5.02 Å². The third-order valence-electron chi connectivity index (χ3n) is 7.97. The molecular weight excluding hydrogens is 580 g/mol. The Morgan fingerprint density at radius 3 is 2.18 bits per heavy atom. The van der Waals surface area contributed by atoms with Crippen LogP contribution in [0.15, 0.2) is 61.2 Å². The van der Waals surface area contributed by atoms with Crippen molar-refractivity contribution in [1.82, 2.24) is 4.90 Å². The lowest BCUT2D eigenvalue weighted by molar-refractivity contribution is 0.0598. The minimum atomic E-state index is 0.0670. The highest BCUT2D eigenvalue weighted by Gasteiger charge is 2.32. The molecule has 0 atom stereocenters. The third kappa shape index (κ3) is 9.67. The van der Waals surface area contributed by atoms with Gasteiger partial charge >= 0.3 is 0 Å². The summed E-state index contributed by atoms with van der Waals surface area (Å²) in [5.41, 5.74) is 11.5. The summed E-state index contributed by atoms with van der Waals surface area (Å²) in [6, 6.07) is 11.1. The van der Waals surface area contributed by atoms with Gasteiger partial charge in [0.2, 0.25) is 0 Å². The molecule has 1 aliphatic carbocycles. The molecule has 0 aliphatic heterocycles. The van der Waals surface area contributed by atoms with Gasteiger partial charge in [-0.1, -0.05) is 108 Å². The standard InChI is InChI=1S/C34H40ClNOS.2C2H6.CH5N/c1-7-10-26(11-8-2)27-17-16-25(9-3)28(20-27)21-36(29-18-12-22(4)13-19-29)34(37)33-31(35)30-23(5)14-15-24(6)32(30)38-33;3*1-2/h7-8,10-11,14-17,20,22,29H,1,9,12-13,18-19,21H2,2-6H3;2*1-2H3;2H2,1H3/b11-8-,26-10+;;;. The van der Waals surface area contributed by atoms with Crippen molar-refractivity contribution in [2.45, 2.75) is 107 Å². The van der Waals surface area contributed by atoms with E-state index in [-0.39, 0.29) is 11.9 Å². The molecule has 0 saturated heterocycles. The van der Waals surface area contributed by atoms with Crippen LogP contribution in [0.25, 0.3) is 15.7 Å². The Bertz CT molecular complexity index is 1390. The highest BCUT2D eigenvalue weighted by Crippen LogP contribution is 2.41. The van der Waals surface area contributed by atoms with Gasteiger partial charge in [-0.2, -0.15) is 0 Å². The van der Waals surface area contributed by atoms with Crippen LogP contribution in [0.5, 0.6) is 0 Å². The van der Waals surface area contributed by atoms with Gasteiger partial charge in [0, 0.05) is 22.7 Å². The topological polar surface area (TPSA) is 46.3 Å². The molecule has 1 heterocycles. The van der Waals surface area contributed by atoms with Gasteiger partial charge in [-0.05, 0) is 105 Å². The zero-order valence-electron chi connectivity index (χ0n) is 29.0. The number of amides is 1. The lowest BCUT2D eigenvalue weighted by Gasteiger charge is -2.36. The number of rotatable bonds is 8. The van der Waals surface area contributed by atoms with Crippen LogP contribution >= 0.6 is 22.9 Å². The number of benzene rings is 2. The lowest BCUT2D eigenvalue weighted by Crippen LogP contribution is -2.41. The van der Waals surface area contributed by atoms with Crippen molar-refractivity contribution < 1.29 is 4.79 Å². The summed E-state index contributed by atoms with van der Waals surface area (Å²) in [7, 11) is 1.50. The predicted octanol–water partition coefficient (Wildman–Crippen LogP) is 11.7. The maximum absolute atomic E-state index is 14.4. The van der Waals surface area contributed by atoms with Crippen LogP contribution in [-0.2, 0) is 13.0 Å². The number of nitrogens with two attached hydrogens (primary N) is 1. The Morgan fingerprint density at radius 1 is 1.02 bits per heavy atom. The maximum atomic E-state index is 14.4. The first-order valence-electron chi connectivity index (χ1n) is 16.4. The molecule has 242 valence electrons. The smallest absolute Gasteiger partial charge is 0.266 e. The van der Waals surface area contributed by atoms with E-state index < -0.39 is 0 Å². The zero-order chi connectivity index (χ0) is 33.4. The van der Waals surface area contributed by atoms with Crippen LogP contribution in [-0.4, -0.2) is 23.9 Å². The van der Waals surface area contributed by atoms with Gasteiger partial charge in [-0.25, -0.2) is 0 Å². The molecule has 3 nitrogen and oxygen atoms in total. The molecule has 1 fully saturated rings. The summed E-state index contributed by atoms with van der Waals surface area (Å²) >= 11 is 8.53. The molecule has 0 spiro atoms. The number of aryl methyl sites for hydroxylation is 3. The number of hydrogen-bond acceptors (Lipinski definition) is 3. The van der Waals surface area contributed by atoms with Gasteiger partial charge in [0.15, 0.2) is 0 Å². The van der Waals surface area contributed by atoms with Crippen molar-refractivity contribution in [1.29, 1.82) is 0 Å². The second-order valence-corrected chi connectivity index (χ2v) is 12.1. The predicted molar refractivity (Wildman–Crippen MR) is 199 cm³/mol. The van der Waals surface area contributed by atoms with Crippen LogP contribution in [0.3, 0.4) is 0 Å². The van der Waals surface area contributed by atoms with E-state index in [2.05, 4.69) is 87.4 Å². The van der Waals surface area contributed by atoms with Gasteiger partial charge in [0.05, 0.1) is 5.02 Å². The number of carbonyl (C=O) groups excluding carboxylic acids is 1. The SMILES string of the molecule is C=C/C=C(\C=C/C)c1ccc(CC)c(CN(C(=O)c2sc3c(C)ccc(C)c3c2Cl)C2CCC(C)CC2)c1.CC.CC.CN. The van der Waals surface area contributed by atoms with Crippen LogP contribution in [0.1, 0.15) is 112 Å². The number of allylic oxidation sites excluding steroid dienone is 5. The molecule has 44 heavy (non-hydrogen) atoms. The van der Waals surface area contributed by atoms with E-state index in [9.17, 15) is 4.79 Å². The van der Waals surface area contributed by atoms with Gasteiger partial charge in [-0.3, -0.25) is 4.79 Å². The van der Waals surface area contributed by atoms with Gasteiger partial charge in [-0.15, -0.1) is 11.3 Å². The quantitative estimate of drug-likeness (QED) is 0.250. The Balaban J connectivity index is 0.00000152. The van der Waals surface area contributed by atoms with Crippen molar-refractivity contribution in [2.75, 3.05) is 7.05 Å². The lowest BCUT2D eigenvalue weighted by atomic mass is 9.86. The van der Waals surface area contributed by atoms with Crippen molar-refractivity contribution in [3.05, 3.63) is 98.9 Å². The Morgan fingerprint density at radius 2 is 1.64 bits per heavy atom. The molecule has 1 amide bonds.